The van der Waals surface area contributed by atoms with Gasteiger partial charge in [-0.25, -0.2) is 0 Å². The van der Waals surface area contributed by atoms with Crippen LogP contribution in [0.1, 0.15) is 19.3 Å². The van der Waals surface area contributed by atoms with Crippen LogP contribution in [-0.4, -0.2) is 18.6 Å². The molecule has 1 unspecified atom stereocenters. The summed E-state index contributed by atoms with van der Waals surface area (Å²) in [6.45, 7) is 0.778. The quantitative estimate of drug-likeness (QED) is 0.763. The predicted octanol–water partition coefficient (Wildman–Crippen LogP) is 1.78. The average Bonchev–Trinajstić information content (AvgIpc) is 2.74. The van der Waals surface area contributed by atoms with Crippen molar-refractivity contribution >= 4 is 17.3 Å². The van der Waals surface area contributed by atoms with Gasteiger partial charge in [0.15, 0.2) is 0 Å². The summed E-state index contributed by atoms with van der Waals surface area (Å²) in [7, 11) is 0. The number of benzene rings is 1. The lowest BCUT2D eigenvalue weighted by atomic mass is 10.2. The third-order valence-corrected chi connectivity index (χ3v) is 2.63. The van der Waals surface area contributed by atoms with E-state index in [1.54, 1.807) is 24.3 Å². The van der Waals surface area contributed by atoms with Gasteiger partial charge in [0.1, 0.15) is 0 Å². The van der Waals surface area contributed by atoms with E-state index in [-0.39, 0.29) is 12.0 Å². The summed E-state index contributed by atoms with van der Waals surface area (Å²) in [5.41, 5.74) is 7.02. The minimum atomic E-state index is -0.00308. The van der Waals surface area contributed by atoms with Crippen molar-refractivity contribution in [1.82, 2.24) is 0 Å². The number of hydrogen-bond donors (Lipinski definition) is 2. The lowest BCUT2D eigenvalue weighted by Gasteiger charge is -2.09. The Morgan fingerprint density at radius 1 is 1.44 bits per heavy atom. The maximum atomic E-state index is 11.6. The number of nitrogens with one attached hydrogen (secondary N) is 1. The van der Waals surface area contributed by atoms with Gasteiger partial charge in [-0.15, -0.1) is 0 Å². The molecule has 1 atom stereocenters. The zero-order valence-corrected chi connectivity index (χ0v) is 9.11. The highest BCUT2D eigenvalue weighted by atomic mass is 16.5. The van der Waals surface area contributed by atoms with Crippen molar-refractivity contribution in [3.63, 3.8) is 0 Å². The average molecular weight is 220 g/mol. The number of anilines is 2. The van der Waals surface area contributed by atoms with Crippen molar-refractivity contribution in [3.8, 4) is 0 Å². The molecule has 2 rings (SSSR count). The normalized spacial score (nSPS) is 19.6. The molecular formula is C12H16N2O2. The molecule has 3 N–H and O–H groups in total. The van der Waals surface area contributed by atoms with Crippen molar-refractivity contribution in [2.45, 2.75) is 25.4 Å². The molecule has 1 heterocycles. The molecule has 4 heteroatoms. The topological polar surface area (TPSA) is 64.3 Å². The summed E-state index contributed by atoms with van der Waals surface area (Å²) in [6.07, 6.45) is 2.56. The smallest absolute Gasteiger partial charge is 0.226 e. The van der Waals surface area contributed by atoms with Gasteiger partial charge in [-0.1, -0.05) is 0 Å². The molecule has 0 saturated carbocycles. The maximum Gasteiger partial charge on any atom is 0.226 e. The first kappa shape index (κ1) is 11.0. The number of rotatable bonds is 3. The van der Waals surface area contributed by atoms with E-state index < -0.39 is 0 Å². The molecule has 1 amide bonds. The van der Waals surface area contributed by atoms with Gasteiger partial charge in [-0.2, -0.15) is 0 Å². The molecule has 1 aliphatic rings. The molecule has 0 bridgehead atoms. The number of nitrogen functional groups attached to an aromatic ring is 1. The summed E-state index contributed by atoms with van der Waals surface area (Å²) < 4.78 is 5.40. The molecule has 0 aliphatic carbocycles. The fraction of sp³-hybridized carbons (Fsp3) is 0.417. The molecular weight excluding hydrogens is 204 g/mol. The second kappa shape index (κ2) is 4.99. The Morgan fingerprint density at radius 2 is 2.19 bits per heavy atom. The van der Waals surface area contributed by atoms with Gasteiger partial charge in [0, 0.05) is 18.0 Å². The van der Waals surface area contributed by atoms with Gasteiger partial charge >= 0.3 is 0 Å². The van der Waals surface area contributed by atoms with Gasteiger partial charge in [-0.05, 0) is 37.1 Å². The van der Waals surface area contributed by atoms with Crippen LogP contribution in [-0.2, 0) is 9.53 Å². The van der Waals surface area contributed by atoms with Crippen molar-refractivity contribution < 1.29 is 9.53 Å². The summed E-state index contributed by atoms with van der Waals surface area (Å²) in [5, 5.41) is 2.82. The molecule has 1 aromatic carbocycles. The van der Waals surface area contributed by atoms with Gasteiger partial charge in [0.05, 0.1) is 12.5 Å². The maximum absolute atomic E-state index is 11.6. The molecule has 0 aromatic heterocycles. The highest BCUT2D eigenvalue weighted by Crippen LogP contribution is 2.17. The monoisotopic (exact) mass is 220 g/mol. The first-order chi connectivity index (χ1) is 7.74. The Balaban J connectivity index is 1.84. The van der Waals surface area contributed by atoms with Gasteiger partial charge in [0.25, 0.3) is 0 Å². The first-order valence-corrected chi connectivity index (χ1v) is 5.51. The van der Waals surface area contributed by atoms with Gasteiger partial charge in [0.2, 0.25) is 5.91 Å². The van der Waals surface area contributed by atoms with E-state index in [0.29, 0.717) is 12.1 Å². The predicted molar refractivity (Wildman–Crippen MR) is 63.1 cm³/mol. The zero-order valence-electron chi connectivity index (χ0n) is 9.11. The summed E-state index contributed by atoms with van der Waals surface area (Å²) in [6, 6.07) is 7.12. The molecule has 1 fully saturated rings. The van der Waals surface area contributed by atoms with Crippen LogP contribution in [0.3, 0.4) is 0 Å². The number of nitrogens with two attached hydrogens (primary N) is 1. The lowest BCUT2D eigenvalue weighted by molar-refractivity contribution is -0.118. The van der Waals surface area contributed by atoms with E-state index in [1.807, 2.05) is 0 Å². The second-order valence-corrected chi connectivity index (χ2v) is 4.01. The number of carbonyl (C=O) groups is 1. The van der Waals surface area contributed by atoms with E-state index in [2.05, 4.69) is 5.32 Å². The van der Waals surface area contributed by atoms with E-state index in [9.17, 15) is 4.79 Å². The highest BCUT2D eigenvalue weighted by Gasteiger charge is 2.18. The van der Waals surface area contributed by atoms with Crippen molar-refractivity contribution in [2.75, 3.05) is 17.7 Å². The number of carbonyl (C=O) groups excluding carboxylic acids is 1. The van der Waals surface area contributed by atoms with Crippen molar-refractivity contribution in [2.24, 2.45) is 0 Å². The fourth-order valence-electron chi connectivity index (χ4n) is 1.79. The van der Waals surface area contributed by atoms with Crippen LogP contribution in [0, 0.1) is 0 Å². The Morgan fingerprint density at radius 3 is 2.81 bits per heavy atom. The van der Waals surface area contributed by atoms with Crippen LogP contribution < -0.4 is 11.1 Å². The number of ether oxygens (including phenoxy) is 1. The van der Waals surface area contributed by atoms with Crippen molar-refractivity contribution in [1.29, 1.82) is 0 Å². The van der Waals surface area contributed by atoms with E-state index in [1.165, 1.54) is 0 Å². The van der Waals surface area contributed by atoms with E-state index in [0.717, 1.165) is 25.1 Å². The van der Waals surface area contributed by atoms with Crippen LogP contribution >= 0.6 is 0 Å². The fourth-order valence-corrected chi connectivity index (χ4v) is 1.79. The van der Waals surface area contributed by atoms with Crippen LogP contribution in [0.4, 0.5) is 11.4 Å². The Kier molecular flexibility index (Phi) is 3.41. The van der Waals surface area contributed by atoms with E-state index in [4.69, 9.17) is 10.5 Å². The molecule has 16 heavy (non-hydrogen) atoms. The van der Waals surface area contributed by atoms with Crippen molar-refractivity contribution in [3.05, 3.63) is 24.3 Å². The first-order valence-electron chi connectivity index (χ1n) is 5.51. The van der Waals surface area contributed by atoms with Crippen LogP contribution in [0.15, 0.2) is 24.3 Å². The summed E-state index contributed by atoms with van der Waals surface area (Å²) in [5.74, 6) is -0.00308. The third-order valence-electron chi connectivity index (χ3n) is 2.63. The largest absolute Gasteiger partial charge is 0.399 e. The van der Waals surface area contributed by atoms with Crippen LogP contribution in [0.5, 0.6) is 0 Å². The van der Waals surface area contributed by atoms with Crippen LogP contribution in [0.25, 0.3) is 0 Å². The molecule has 86 valence electrons. The number of amides is 1. The van der Waals surface area contributed by atoms with Gasteiger partial charge < -0.3 is 15.8 Å². The Bertz CT molecular complexity index is 356. The summed E-state index contributed by atoms with van der Waals surface area (Å²) in [4.78, 5) is 11.6. The Labute approximate surface area is 94.8 Å². The molecule has 4 nitrogen and oxygen atoms in total. The van der Waals surface area contributed by atoms with Gasteiger partial charge in [-0.3, -0.25) is 4.79 Å². The zero-order chi connectivity index (χ0) is 11.4. The highest BCUT2D eigenvalue weighted by molar-refractivity contribution is 5.91. The molecule has 0 radical (unpaired) electrons. The molecule has 1 aliphatic heterocycles. The minimum absolute atomic E-state index is 0.00308. The molecule has 1 saturated heterocycles. The van der Waals surface area contributed by atoms with Crippen LogP contribution in [0.2, 0.25) is 0 Å². The number of hydrogen-bond acceptors (Lipinski definition) is 3. The molecule has 1 aromatic rings. The molecule has 0 spiro atoms. The second-order valence-electron chi connectivity index (χ2n) is 4.01. The van der Waals surface area contributed by atoms with E-state index >= 15 is 0 Å². The Hall–Kier alpha value is -1.55. The third kappa shape index (κ3) is 2.97. The standard InChI is InChI=1S/C12H16N2O2/c13-9-3-5-10(6-4-9)14-12(15)8-11-2-1-7-16-11/h3-6,11H,1-2,7-8,13H2,(H,14,15). The lowest BCUT2D eigenvalue weighted by Crippen LogP contribution is -2.19. The minimum Gasteiger partial charge on any atom is -0.399 e. The SMILES string of the molecule is Nc1ccc(NC(=O)CC2CCCO2)cc1. The summed E-state index contributed by atoms with van der Waals surface area (Å²) >= 11 is 0.